The zero-order chi connectivity index (χ0) is 15.3. The molecule has 0 atom stereocenters. The van der Waals surface area contributed by atoms with Crippen molar-refractivity contribution >= 4 is 0 Å². The number of ether oxygens (including phenoxy) is 1. The third kappa shape index (κ3) is 5.84. The van der Waals surface area contributed by atoms with E-state index in [-0.39, 0.29) is 5.54 Å². The van der Waals surface area contributed by atoms with E-state index in [2.05, 4.69) is 32.2 Å². The maximum atomic E-state index is 5.86. The molecular weight excluding hydrogens is 262 g/mol. The van der Waals surface area contributed by atoms with Gasteiger partial charge in [-0.1, -0.05) is 19.3 Å². The molecule has 0 saturated heterocycles. The van der Waals surface area contributed by atoms with Gasteiger partial charge in [0.25, 0.3) is 0 Å². The number of rotatable bonds is 6. The summed E-state index contributed by atoms with van der Waals surface area (Å²) < 4.78 is 11.7. The smallest absolute Gasteiger partial charge is 0.130 e. The summed E-state index contributed by atoms with van der Waals surface area (Å²) in [6.45, 7) is 10.9. The molecule has 1 aliphatic rings. The molecule has 0 spiro atoms. The Hall–Kier alpha value is -0.800. The molecule has 2 rings (SSSR count). The van der Waals surface area contributed by atoms with Gasteiger partial charge in [-0.2, -0.15) is 0 Å². The molecule has 1 fully saturated rings. The first kappa shape index (κ1) is 16.6. The van der Waals surface area contributed by atoms with Crippen LogP contribution in [0.2, 0.25) is 0 Å². The van der Waals surface area contributed by atoms with Crippen LogP contribution < -0.4 is 5.32 Å². The van der Waals surface area contributed by atoms with Gasteiger partial charge in [0, 0.05) is 24.3 Å². The highest BCUT2D eigenvalue weighted by Gasteiger charge is 2.15. The second-order valence-electron chi connectivity index (χ2n) is 7.42. The predicted octanol–water partition coefficient (Wildman–Crippen LogP) is 4.57. The summed E-state index contributed by atoms with van der Waals surface area (Å²) in [7, 11) is 0. The van der Waals surface area contributed by atoms with Crippen LogP contribution in [0, 0.1) is 12.8 Å². The van der Waals surface area contributed by atoms with Gasteiger partial charge < -0.3 is 14.5 Å². The molecule has 0 bridgehead atoms. The Bertz CT molecular complexity index is 425. The third-order valence-electron chi connectivity index (χ3n) is 4.20. The fourth-order valence-corrected chi connectivity index (χ4v) is 2.87. The van der Waals surface area contributed by atoms with Gasteiger partial charge in [-0.3, -0.25) is 0 Å². The van der Waals surface area contributed by atoms with Crippen molar-refractivity contribution in [2.75, 3.05) is 6.61 Å². The van der Waals surface area contributed by atoms with Crippen molar-refractivity contribution < 1.29 is 9.15 Å². The van der Waals surface area contributed by atoms with E-state index in [1.54, 1.807) is 0 Å². The maximum absolute atomic E-state index is 5.86. The summed E-state index contributed by atoms with van der Waals surface area (Å²) in [5.74, 6) is 2.72. The second-order valence-corrected chi connectivity index (χ2v) is 7.42. The predicted molar refractivity (Wildman–Crippen MR) is 86.3 cm³/mol. The second kappa shape index (κ2) is 7.46. The third-order valence-corrected chi connectivity index (χ3v) is 4.20. The van der Waals surface area contributed by atoms with Crippen LogP contribution in [0.25, 0.3) is 0 Å². The lowest BCUT2D eigenvalue weighted by atomic mass is 9.90. The van der Waals surface area contributed by atoms with Crippen molar-refractivity contribution in [1.29, 1.82) is 0 Å². The maximum Gasteiger partial charge on any atom is 0.130 e. The highest BCUT2D eigenvalue weighted by molar-refractivity contribution is 5.20. The largest absolute Gasteiger partial charge is 0.464 e. The van der Waals surface area contributed by atoms with E-state index >= 15 is 0 Å². The molecular formula is C18H31NO2. The summed E-state index contributed by atoms with van der Waals surface area (Å²) >= 11 is 0. The zero-order valence-corrected chi connectivity index (χ0v) is 14.1. The van der Waals surface area contributed by atoms with Crippen molar-refractivity contribution in [2.45, 2.75) is 78.5 Å². The Balaban J connectivity index is 1.76. The summed E-state index contributed by atoms with van der Waals surface area (Å²) in [5, 5.41) is 3.50. The molecule has 3 nitrogen and oxygen atoms in total. The first-order chi connectivity index (χ1) is 9.94. The van der Waals surface area contributed by atoms with Crippen molar-refractivity contribution in [2.24, 2.45) is 5.92 Å². The van der Waals surface area contributed by atoms with E-state index in [4.69, 9.17) is 9.15 Å². The highest BCUT2D eigenvalue weighted by Crippen LogP contribution is 2.24. The molecule has 0 unspecified atom stereocenters. The van der Waals surface area contributed by atoms with Crippen molar-refractivity contribution in [3.63, 3.8) is 0 Å². The van der Waals surface area contributed by atoms with Gasteiger partial charge in [0.2, 0.25) is 0 Å². The molecule has 1 saturated carbocycles. The van der Waals surface area contributed by atoms with Crippen LogP contribution in [0.15, 0.2) is 10.5 Å². The van der Waals surface area contributed by atoms with Crippen LogP contribution >= 0.6 is 0 Å². The number of hydrogen-bond acceptors (Lipinski definition) is 3. The van der Waals surface area contributed by atoms with E-state index < -0.39 is 0 Å². The molecule has 1 aromatic rings. The van der Waals surface area contributed by atoms with Gasteiger partial charge in [0.15, 0.2) is 0 Å². The Morgan fingerprint density at radius 2 is 1.95 bits per heavy atom. The minimum atomic E-state index is 0.126. The van der Waals surface area contributed by atoms with Gasteiger partial charge in [-0.15, -0.1) is 0 Å². The Kier molecular flexibility index (Phi) is 5.88. The lowest BCUT2D eigenvalue weighted by molar-refractivity contribution is 0.0634. The standard InChI is InChI=1S/C18H31NO2/c1-14-16(11-19-18(2,3)4)10-17(21-14)13-20-12-15-8-6-5-7-9-15/h10,15,19H,5-9,11-13H2,1-4H3. The fraction of sp³-hybridized carbons (Fsp3) is 0.778. The number of hydrogen-bond donors (Lipinski definition) is 1. The Morgan fingerprint density at radius 1 is 1.24 bits per heavy atom. The average molecular weight is 293 g/mol. The van der Waals surface area contributed by atoms with Crippen LogP contribution in [-0.2, 0) is 17.9 Å². The molecule has 3 heteroatoms. The summed E-state index contributed by atoms with van der Waals surface area (Å²) in [6.07, 6.45) is 6.81. The van der Waals surface area contributed by atoms with Gasteiger partial charge in [0.05, 0.1) is 0 Å². The monoisotopic (exact) mass is 293 g/mol. The van der Waals surface area contributed by atoms with Gasteiger partial charge in [-0.25, -0.2) is 0 Å². The normalized spacial score (nSPS) is 17.3. The first-order valence-electron chi connectivity index (χ1n) is 8.35. The highest BCUT2D eigenvalue weighted by atomic mass is 16.5. The average Bonchev–Trinajstić information content (AvgIpc) is 2.77. The molecule has 21 heavy (non-hydrogen) atoms. The van der Waals surface area contributed by atoms with Crippen molar-refractivity contribution in [3.05, 3.63) is 23.2 Å². The van der Waals surface area contributed by atoms with Gasteiger partial charge in [0.1, 0.15) is 18.1 Å². The lowest BCUT2D eigenvalue weighted by Crippen LogP contribution is -2.35. The van der Waals surface area contributed by atoms with Crippen LogP contribution in [-0.4, -0.2) is 12.1 Å². The molecule has 0 aliphatic heterocycles. The SMILES string of the molecule is Cc1oc(COCC2CCCCC2)cc1CNC(C)(C)C. The molecule has 0 amide bonds. The quantitative estimate of drug-likeness (QED) is 0.834. The molecule has 1 aliphatic carbocycles. The first-order valence-corrected chi connectivity index (χ1v) is 8.35. The Morgan fingerprint density at radius 3 is 2.62 bits per heavy atom. The molecule has 1 aromatic heterocycles. The van der Waals surface area contributed by atoms with Gasteiger partial charge >= 0.3 is 0 Å². The minimum absolute atomic E-state index is 0.126. The summed E-state index contributed by atoms with van der Waals surface area (Å²) in [4.78, 5) is 0. The topological polar surface area (TPSA) is 34.4 Å². The van der Waals surface area contributed by atoms with Crippen LogP contribution in [0.5, 0.6) is 0 Å². The molecule has 1 N–H and O–H groups in total. The molecule has 0 radical (unpaired) electrons. The van der Waals surface area contributed by atoms with Crippen LogP contribution in [0.1, 0.15) is 70.0 Å². The Labute approximate surface area is 129 Å². The lowest BCUT2D eigenvalue weighted by Gasteiger charge is -2.20. The van der Waals surface area contributed by atoms with E-state index in [9.17, 15) is 0 Å². The van der Waals surface area contributed by atoms with E-state index in [1.165, 1.54) is 37.7 Å². The van der Waals surface area contributed by atoms with E-state index in [0.29, 0.717) is 6.61 Å². The fourth-order valence-electron chi connectivity index (χ4n) is 2.87. The number of nitrogens with one attached hydrogen (secondary N) is 1. The van der Waals surface area contributed by atoms with Crippen molar-refractivity contribution in [3.8, 4) is 0 Å². The molecule has 1 heterocycles. The number of furan rings is 1. The molecule has 120 valence electrons. The van der Waals surface area contributed by atoms with Crippen LogP contribution in [0.3, 0.4) is 0 Å². The van der Waals surface area contributed by atoms with E-state index in [1.807, 2.05) is 6.92 Å². The summed E-state index contributed by atoms with van der Waals surface area (Å²) in [5.41, 5.74) is 1.36. The number of aryl methyl sites for hydroxylation is 1. The van der Waals surface area contributed by atoms with Gasteiger partial charge in [-0.05, 0) is 52.5 Å². The molecule has 0 aromatic carbocycles. The minimum Gasteiger partial charge on any atom is -0.464 e. The van der Waals surface area contributed by atoms with E-state index in [0.717, 1.165) is 30.6 Å². The van der Waals surface area contributed by atoms with Crippen molar-refractivity contribution in [1.82, 2.24) is 5.32 Å². The zero-order valence-electron chi connectivity index (χ0n) is 14.1. The summed E-state index contributed by atoms with van der Waals surface area (Å²) in [6, 6.07) is 2.13. The van der Waals surface area contributed by atoms with Crippen LogP contribution in [0.4, 0.5) is 0 Å².